The van der Waals surface area contributed by atoms with Gasteiger partial charge in [-0.3, -0.25) is 4.79 Å². The van der Waals surface area contributed by atoms with Crippen molar-refractivity contribution < 1.29 is 23.8 Å². The number of esters is 1. The molecular weight excluding hydrogens is 454 g/mol. The predicted molar refractivity (Wildman–Crippen MR) is 132 cm³/mol. The Balaban J connectivity index is 1.51. The van der Waals surface area contributed by atoms with Crippen molar-refractivity contribution in [3.63, 3.8) is 0 Å². The summed E-state index contributed by atoms with van der Waals surface area (Å²) in [6, 6.07) is 14.0. The van der Waals surface area contributed by atoms with E-state index in [1.807, 2.05) is 41.6 Å². The molecule has 0 bridgehead atoms. The van der Waals surface area contributed by atoms with E-state index in [4.69, 9.17) is 14.2 Å². The number of anilines is 1. The van der Waals surface area contributed by atoms with E-state index in [-0.39, 0.29) is 19.1 Å². The monoisotopic (exact) mass is 479 g/mol. The molecule has 34 heavy (non-hydrogen) atoms. The first-order chi connectivity index (χ1) is 16.5. The Kier molecular flexibility index (Phi) is 7.22. The van der Waals surface area contributed by atoms with Crippen LogP contribution in [0.3, 0.4) is 0 Å². The molecule has 8 nitrogen and oxygen atoms in total. The average molecular weight is 480 g/mol. The number of benzene rings is 2. The lowest BCUT2D eigenvalue weighted by Crippen LogP contribution is -2.34. The van der Waals surface area contributed by atoms with E-state index in [0.717, 1.165) is 10.7 Å². The van der Waals surface area contributed by atoms with Gasteiger partial charge in [-0.2, -0.15) is 0 Å². The van der Waals surface area contributed by atoms with Crippen molar-refractivity contribution in [2.24, 2.45) is 4.99 Å². The quantitative estimate of drug-likeness (QED) is 0.559. The van der Waals surface area contributed by atoms with Gasteiger partial charge in [0, 0.05) is 18.0 Å². The van der Waals surface area contributed by atoms with Crippen molar-refractivity contribution >= 4 is 34.5 Å². The minimum absolute atomic E-state index is 0.170. The maximum atomic E-state index is 12.8. The van der Waals surface area contributed by atoms with Crippen molar-refractivity contribution in [3.8, 4) is 11.5 Å². The number of aliphatic imine (C=N–C) groups is 1. The maximum absolute atomic E-state index is 12.8. The van der Waals surface area contributed by atoms with Crippen LogP contribution in [0.5, 0.6) is 11.5 Å². The van der Waals surface area contributed by atoms with Crippen molar-refractivity contribution in [3.05, 3.63) is 77.0 Å². The number of allylic oxidation sites excluding steroid dienone is 1. The molecule has 2 aliphatic heterocycles. The zero-order chi connectivity index (χ0) is 24.1. The Morgan fingerprint density at radius 2 is 1.94 bits per heavy atom. The summed E-state index contributed by atoms with van der Waals surface area (Å²) in [5.41, 5.74) is 2.54. The van der Waals surface area contributed by atoms with E-state index in [2.05, 4.69) is 10.3 Å². The van der Waals surface area contributed by atoms with Gasteiger partial charge >= 0.3 is 5.97 Å². The minimum Gasteiger partial charge on any atom is -0.497 e. The summed E-state index contributed by atoms with van der Waals surface area (Å²) in [7, 11) is 1.57. The molecule has 2 aliphatic rings. The van der Waals surface area contributed by atoms with Crippen LogP contribution in [0.15, 0.2) is 76.4 Å². The predicted octanol–water partition coefficient (Wildman–Crippen LogP) is 4.48. The smallest absolute Gasteiger partial charge is 0.338 e. The number of fused-ring (bicyclic) bond motifs is 1. The molecule has 2 aromatic rings. The Morgan fingerprint density at radius 1 is 1.15 bits per heavy atom. The second-order valence-corrected chi connectivity index (χ2v) is 8.34. The zero-order valence-electron chi connectivity index (χ0n) is 19.1. The van der Waals surface area contributed by atoms with Gasteiger partial charge in [-0.15, -0.1) is 0 Å². The van der Waals surface area contributed by atoms with Crippen LogP contribution in [0.1, 0.15) is 25.5 Å². The molecule has 176 valence electrons. The molecule has 0 spiro atoms. The third kappa shape index (κ3) is 5.09. The SMILES string of the molecule is CCOC(=O)C1=C(C)N=C2SC=CN2[C@H]1c1cccc(OCC(=O)Nc2cccc(OC)c2)c1. The van der Waals surface area contributed by atoms with Crippen molar-refractivity contribution in [2.75, 3.05) is 25.6 Å². The second-order valence-electron chi connectivity index (χ2n) is 7.47. The molecule has 0 saturated carbocycles. The van der Waals surface area contributed by atoms with E-state index < -0.39 is 12.0 Å². The number of ether oxygens (including phenoxy) is 3. The molecule has 0 aliphatic carbocycles. The van der Waals surface area contributed by atoms with E-state index in [9.17, 15) is 9.59 Å². The summed E-state index contributed by atoms with van der Waals surface area (Å²) in [5, 5.41) is 5.51. The van der Waals surface area contributed by atoms with Crippen LogP contribution in [-0.2, 0) is 14.3 Å². The Morgan fingerprint density at radius 3 is 2.74 bits per heavy atom. The molecule has 1 atom stereocenters. The summed E-state index contributed by atoms with van der Waals surface area (Å²) in [6.07, 6.45) is 1.90. The van der Waals surface area contributed by atoms with Gasteiger partial charge in [0.15, 0.2) is 11.8 Å². The molecular formula is C25H25N3O5S. The number of carbonyl (C=O) groups is 2. The van der Waals surface area contributed by atoms with E-state index in [1.54, 1.807) is 44.4 Å². The number of thioether (sulfide) groups is 1. The fraction of sp³-hybridized carbons (Fsp3) is 0.240. The van der Waals surface area contributed by atoms with Gasteiger partial charge in [0.25, 0.3) is 5.91 Å². The number of amidine groups is 1. The van der Waals surface area contributed by atoms with Crippen LogP contribution >= 0.6 is 11.8 Å². The fourth-order valence-electron chi connectivity index (χ4n) is 3.72. The first-order valence-corrected chi connectivity index (χ1v) is 11.6. The molecule has 0 saturated heterocycles. The van der Waals surface area contributed by atoms with Gasteiger partial charge in [-0.1, -0.05) is 30.0 Å². The topological polar surface area (TPSA) is 89.5 Å². The number of hydrogen-bond donors (Lipinski definition) is 1. The number of rotatable bonds is 8. The Bertz CT molecular complexity index is 1190. The van der Waals surface area contributed by atoms with E-state index in [1.165, 1.54) is 11.8 Å². The van der Waals surface area contributed by atoms with Crippen LogP contribution in [0, 0.1) is 0 Å². The summed E-state index contributed by atoms with van der Waals surface area (Å²) in [4.78, 5) is 31.7. The van der Waals surface area contributed by atoms with Gasteiger partial charge in [-0.25, -0.2) is 9.79 Å². The number of nitrogens with zero attached hydrogens (tertiary/aromatic N) is 2. The lowest BCUT2D eigenvalue weighted by Gasteiger charge is -2.33. The van der Waals surface area contributed by atoms with Gasteiger partial charge in [0.2, 0.25) is 0 Å². The third-order valence-corrected chi connectivity index (χ3v) is 5.98. The van der Waals surface area contributed by atoms with Crippen molar-refractivity contribution in [1.29, 1.82) is 0 Å². The molecule has 0 unspecified atom stereocenters. The van der Waals surface area contributed by atoms with Crippen LogP contribution in [0.4, 0.5) is 5.69 Å². The second kappa shape index (κ2) is 10.5. The van der Waals surface area contributed by atoms with Crippen LogP contribution in [-0.4, -0.2) is 42.3 Å². The fourth-order valence-corrected chi connectivity index (χ4v) is 4.51. The van der Waals surface area contributed by atoms with Crippen molar-refractivity contribution in [1.82, 2.24) is 4.90 Å². The van der Waals surface area contributed by atoms with Gasteiger partial charge < -0.3 is 24.4 Å². The largest absolute Gasteiger partial charge is 0.497 e. The molecule has 9 heteroatoms. The summed E-state index contributed by atoms with van der Waals surface area (Å²) in [5.74, 6) is 0.463. The van der Waals surface area contributed by atoms with Gasteiger partial charge in [0.05, 0.1) is 31.0 Å². The third-order valence-electron chi connectivity index (χ3n) is 5.21. The van der Waals surface area contributed by atoms with Crippen molar-refractivity contribution in [2.45, 2.75) is 19.9 Å². The number of nitrogens with one attached hydrogen (secondary N) is 1. The van der Waals surface area contributed by atoms with Crippen LogP contribution < -0.4 is 14.8 Å². The molecule has 1 amide bonds. The lowest BCUT2D eigenvalue weighted by molar-refractivity contribution is -0.139. The van der Waals surface area contributed by atoms with Crippen LogP contribution in [0.2, 0.25) is 0 Å². The van der Waals surface area contributed by atoms with Gasteiger partial charge in [-0.05, 0) is 49.1 Å². The maximum Gasteiger partial charge on any atom is 0.338 e. The van der Waals surface area contributed by atoms with Gasteiger partial charge in [0.1, 0.15) is 11.5 Å². The van der Waals surface area contributed by atoms with E-state index >= 15 is 0 Å². The highest BCUT2D eigenvalue weighted by molar-refractivity contribution is 8.16. The Labute approximate surface area is 202 Å². The molecule has 0 radical (unpaired) electrons. The first-order valence-electron chi connectivity index (χ1n) is 10.7. The highest BCUT2D eigenvalue weighted by Gasteiger charge is 2.37. The van der Waals surface area contributed by atoms with E-state index in [0.29, 0.717) is 28.5 Å². The summed E-state index contributed by atoms with van der Waals surface area (Å²) in [6.45, 7) is 3.69. The zero-order valence-corrected chi connectivity index (χ0v) is 19.9. The number of amides is 1. The average Bonchev–Trinajstić information content (AvgIpc) is 3.30. The van der Waals surface area contributed by atoms with Crippen LogP contribution in [0.25, 0.3) is 0 Å². The molecule has 2 heterocycles. The lowest BCUT2D eigenvalue weighted by atomic mass is 9.94. The Hall–Kier alpha value is -3.72. The first kappa shape index (κ1) is 23.4. The molecule has 0 fully saturated rings. The highest BCUT2D eigenvalue weighted by atomic mass is 32.2. The molecule has 2 aromatic carbocycles. The molecule has 4 rings (SSSR count). The molecule has 1 N–H and O–H groups in total. The molecule has 0 aromatic heterocycles. The standard InChI is InChI=1S/C25H25N3O5S/c1-4-32-24(30)22-16(2)26-25-28(11-12-34-25)23(22)17-7-5-10-20(13-17)33-15-21(29)27-18-8-6-9-19(14-18)31-3/h5-14,23H,4,15H2,1-3H3,(H,27,29)/t23-/m0/s1. The summed E-state index contributed by atoms with van der Waals surface area (Å²) < 4.78 is 16.3. The summed E-state index contributed by atoms with van der Waals surface area (Å²) >= 11 is 1.49. The minimum atomic E-state index is -0.410. The number of carbonyl (C=O) groups excluding carboxylic acids is 2. The number of methoxy groups -OCH3 is 1. The highest BCUT2D eigenvalue weighted by Crippen LogP contribution is 2.41. The normalized spacial score (nSPS) is 16.6. The number of hydrogen-bond acceptors (Lipinski definition) is 8.